The predicted molar refractivity (Wildman–Crippen MR) is 56.2 cm³/mol. The SMILES string of the molecule is Cc1nn(C)c(N2CCC(O)C2)c1C=O. The lowest BCUT2D eigenvalue weighted by Crippen LogP contribution is -2.24. The monoisotopic (exact) mass is 209 g/mol. The van der Waals surface area contributed by atoms with Gasteiger partial charge in [0, 0.05) is 20.1 Å². The highest BCUT2D eigenvalue weighted by atomic mass is 16.3. The number of carbonyl (C=O) groups is 1. The molecule has 1 saturated heterocycles. The Bertz CT molecular complexity index is 386. The Morgan fingerprint density at radius 3 is 2.87 bits per heavy atom. The van der Waals surface area contributed by atoms with Crippen LogP contribution in [0.15, 0.2) is 0 Å². The normalized spacial score (nSPS) is 21.0. The minimum atomic E-state index is -0.292. The van der Waals surface area contributed by atoms with Gasteiger partial charge in [-0.1, -0.05) is 0 Å². The van der Waals surface area contributed by atoms with Gasteiger partial charge >= 0.3 is 0 Å². The van der Waals surface area contributed by atoms with Crippen LogP contribution in [0, 0.1) is 6.92 Å². The van der Waals surface area contributed by atoms with Crippen molar-refractivity contribution in [3.05, 3.63) is 11.3 Å². The maximum atomic E-state index is 11.0. The van der Waals surface area contributed by atoms with Gasteiger partial charge in [-0.15, -0.1) is 0 Å². The first-order valence-electron chi connectivity index (χ1n) is 5.05. The molecule has 0 saturated carbocycles. The number of carbonyl (C=O) groups excluding carboxylic acids is 1. The zero-order valence-electron chi connectivity index (χ0n) is 8.97. The molecular formula is C10H15N3O2. The molecule has 2 rings (SSSR count). The molecule has 0 amide bonds. The maximum Gasteiger partial charge on any atom is 0.155 e. The molecule has 5 nitrogen and oxygen atoms in total. The van der Waals surface area contributed by atoms with Gasteiger partial charge in [0.25, 0.3) is 0 Å². The topological polar surface area (TPSA) is 58.4 Å². The van der Waals surface area contributed by atoms with Gasteiger partial charge in [0.1, 0.15) is 5.82 Å². The molecule has 15 heavy (non-hydrogen) atoms. The zero-order valence-corrected chi connectivity index (χ0v) is 8.97. The van der Waals surface area contributed by atoms with Crippen molar-refractivity contribution in [3.8, 4) is 0 Å². The smallest absolute Gasteiger partial charge is 0.155 e. The van der Waals surface area contributed by atoms with E-state index in [1.54, 1.807) is 4.68 Å². The molecule has 82 valence electrons. The summed E-state index contributed by atoms with van der Waals surface area (Å²) in [4.78, 5) is 13.0. The Morgan fingerprint density at radius 1 is 1.60 bits per heavy atom. The van der Waals surface area contributed by atoms with Gasteiger partial charge in [0.05, 0.1) is 17.4 Å². The minimum Gasteiger partial charge on any atom is -0.391 e. The number of β-amino-alcohol motifs (C(OH)–C–C–N with tert-alkyl or cyclic N) is 1. The summed E-state index contributed by atoms with van der Waals surface area (Å²) in [5.74, 6) is 0.819. The van der Waals surface area contributed by atoms with Crippen LogP contribution in [0.2, 0.25) is 0 Å². The van der Waals surface area contributed by atoms with E-state index >= 15 is 0 Å². The largest absolute Gasteiger partial charge is 0.391 e. The van der Waals surface area contributed by atoms with Crippen molar-refractivity contribution < 1.29 is 9.90 Å². The van der Waals surface area contributed by atoms with Crippen molar-refractivity contribution in [2.75, 3.05) is 18.0 Å². The van der Waals surface area contributed by atoms with Crippen LogP contribution in [-0.4, -0.2) is 40.4 Å². The number of aromatic nitrogens is 2. The van der Waals surface area contributed by atoms with Crippen molar-refractivity contribution in [3.63, 3.8) is 0 Å². The van der Waals surface area contributed by atoms with Gasteiger partial charge in [0.2, 0.25) is 0 Å². The van der Waals surface area contributed by atoms with Gasteiger partial charge in [-0.25, -0.2) is 0 Å². The fourth-order valence-corrected chi connectivity index (χ4v) is 2.11. The van der Waals surface area contributed by atoms with Gasteiger partial charge in [-0.2, -0.15) is 5.10 Å². The highest BCUT2D eigenvalue weighted by molar-refractivity contribution is 5.84. The van der Waals surface area contributed by atoms with E-state index in [0.29, 0.717) is 12.1 Å². The highest BCUT2D eigenvalue weighted by Gasteiger charge is 2.26. The molecule has 2 heterocycles. The number of aryl methyl sites for hydroxylation is 2. The number of aldehydes is 1. The molecule has 1 unspecified atom stereocenters. The molecule has 1 N–H and O–H groups in total. The van der Waals surface area contributed by atoms with Gasteiger partial charge in [-0.05, 0) is 13.3 Å². The van der Waals surface area contributed by atoms with Crippen LogP contribution in [0.1, 0.15) is 22.5 Å². The van der Waals surface area contributed by atoms with E-state index in [2.05, 4.69) is 5.10 Å². The molecular weight excluding hydrogens is 194 g/mol. The second-order valence-corrected chi connectivity index (χ2v) is 3.95. The molecule has 1 aromatic heterocycles. The van der Waals surface area contributed by atoms with E-state index in [0.717, 1.165) is 30.8 Å². The third-order valence-corrected chi connectivity index (χ3v) is 2.82. The van der Waals surface area contributed by atoms with Crippen molar-refractivity contribution in [2.45, 2.75) is 19.4 Å². The number of hydrogen-bond donors (Lipinski definition) is 1. The van der Waals surface area contributed by atoms with Crippen LogP contribution in [0.3, 0.4) is 0 Å². The van der Waals surface area contributed by atoms with Crippen LogP contribution >= 0.6 is 0 Å². The number of nitrogens with zero attached hydrogens (tertiary/aromatic N) is 3. The number of anilines is 1. The molecule has 1 fully saturated rings. The third kappa shape index (κ3) is 1.63. The Hall–Kier alpha value is -1.36. The molecule has 1 atom stereocenters. The van der Waals surface area contributed by atoms with Crippen molar-refractivity contribution >= 4 is 12.1 Å². The average molecular weight is 209 g/mol. The lowest BCUT2D eigenvalue weighted by atomic mass is 10.2. The van der Waals surface area contributed by atoms with E-state index < -0.39 is 0 Å². The van der Waals surface area contributed by atoms with E-state index in [1.165, 1.54) is 0 Å². The van der Waals surface area contributed by atoms with Gasteiger partial charge in [-0.3, -0.25) is 9.48 Å². The van der Waals surface area contributed by atoms with Crippen molar-refractivity contribution in [1.29, 1.82) is 0 Å². The van der Waals surface area contributed by atoms with Gasteiger partial charge < -0.3 is 10.0 Å². The lowest BCUT2D eigenvalue weighted by Gasteiger charge is -2.18. The van der Waals surface area contributed by atoms with Crippen LogP contribution in [0.4, 0.5) is 5.82 Å². The van der Waals surface area contributed by atoms with E-state index in [-0.39, 0.29) is 6.10 Å². The third-order valence-electron chi connectivity index (χ3n) is 2.82. The van der Waals surface area contributed by atoms with Crippen LogP contribution < -0.4 is 4.90 Å². The number of hydrogen-bond acceptors (Lipinski definition) is 4. The Kier molecular flexibility index (Phi) is 2.48. The van der Waals surface area contributed by atoms with Gasteiger partial charge in [0.15, 0.2) is 6.29 Å². The second-order valence-electron chi connectivity index (χ2n) is 3.95. The summed E-state index contributed by atoms with van der Waals surface area (Å²) < 4.78 is 1.71. The molecule has 0 aliphatic carbocycles. The molecule has 0 aromatic carbocycles. The molecule has 1 aromatic rings. The fraction of sp³-hybridized carbons (Fsp3) is 0.600. The highest BCUT2D eigenvalue weighted by Crippen LogP contribution is 2.25. The molecule has 1 aliphatic rings. The Balaban J connectivity index is 2.38. The van der Waals surface area contributed by atoms with Crippen LogP contribution in [0.25, 0.3) is 0 Å². The number of aliphatic hydroxyl groups excluding tert-OH is 1. The molecule has 1 aliphatic heterocycles. The lowest BCUT2D eigenvalue weighted by molar-refractivity contribution is 0.112. The van der Waals surface area contributed by atoms with Crippen molar-refractivity contribution in [1.82, 2.24) is 9.78 Å². The summed E-state index contributed by atoms with van der Waals surface area (Å²) in [6.45, 7) is 3.18. The Morgan fingerprint density at radius 2 is 2.33 bits per heavy atom. The van der Waals surface area contributed by atoms with Crippen molar-refractivity contribution in [2.24, 2.45) is 7.05 Å². The first kappa shape index (κ1) is 10.2. The molecule has 0 radical (unpaired) electrons. The Labute approximate surface area is 88.3 Å². The summed E-state index contributed by atoms with van der Waals surface area (Å²) in [7, 11) is 1.82. The number of aliphatic hydroxyl groups is 1. The summed E-state index contributed by atoms with van der Waals surface area (Å²) in [5.41, 5.74) is 1.37. The van der Waals surface area contributed by atoms with Crippen LogP contribution in [-0.2, 0) is 7.05 Å². The average Bonchev–Trinajstić information content (AvgIpc) is 2.70. The summed E-state index contributed by atoms with van der Waals surface area (Å²) in [5, 5.41) is 13.7. The quantitative estimate of drug-likeness (QED) is 0.702. The molecule has 5 heteroatoms. The molecule has 0 bridgehead atoms. The predicted octanol–water partition coefficient (Wildman–Crippen LogP) is 0.112. The first-order chi connectivity index (χ1) is 7.13. The summed E-state index contributed by atoms with van der Waals surface area (Å²) >= 11 is 0. The number of rotatable bonds is 2. The van der Waals surface area contributed by atoms with E-state index in [9.17, 15) is 9.90 Å². The van der Waals surface area contributed by atoms with E-state index in [4.69, 9.17) is 0 Å². The minimum absolute atomic E-state index is 0.292. The second kappa shape index (κ2) is 3.66. The molecule has 0 spiro atoms. The van der Waals surface area contributed by atoms with E-state index in [1.807, 2.05) is 18.9 Å². The summed E-state index contributed by atoms with van der Waals surface area (Å²) in [6.07, 6.45) is 1.30. The summed E-state index contributed by atoms with van der Waals surface area (Å²) in [6, 6.07) is 0. The zero-order chi connectivity index (χ0) is 11.0. The maximum absolute atomic E-state index is 11.0. The standard InChI is InChI=1S/C10H15N3O2/c1-7-9(6-14)10(12(2)11-7)13-4-3-8(15)5-13/h6,8,15H,3-5H2,1-2H3. The fourth-order valence-electron chi connectivity index (χ4n) is 2.11. The van der Waals surface area contributed by atoms with Crippen LogP contribution in [0.5, 0.6) is 0 Å². The first-order valence-corrected chi connectivity index (χ1v) is 5.05.